The number of hydrogen-bond donors (Lipinski definition) is 2. The van der Waals surface area contributed by atoms with Gasteiger partial charge in [0.2, 0.25) is 0 Å². The molecule has 0 spiro atoms. The van der Waals surface area contributed by atoms with Gasteiger partial charge in [0.25, 0.3) is 0 Å². The summed E-state index contributed by atoms with van der Waals surface area (Å²) in [7, 11) is 0. The van der Waals surface area contributed by atoms with E-state index in [1.165, 1.54) is 30.3 Å². The van der Waals surface area contributed by atoms with E-state index in [0.29, 0.717) is 5.69 Å². The molecule has 2 rings (SSSR count). The Morgan fingerprint density at radius 1 is 1.31 bits per heavy atom. The van der Waals surface area contributed by atoms with Crippen molar-refractivity contribution in [2.45, 2.75) is 18.1 Å². The average molecular weight is 237 g/mol. The van der Waals surface area contributed by atoms with Crippen LogP contribution in [0.5, 0.6) is 0 Å². The van der Waals surface area contributed by atoms with Crippen LogP contribution in [-0.4, -0.2) is 33.2 Å². The van der Waals surface area contributed by atoms with Gasteiger partial charge in [-0.25, -0.2) is 4.79 Å². The fraction of sp³-hybridized carbons (Fsp3) is 0.364. The third-order valence-electron chi connectivity index (χ3n) is 2.23. The van der Waals surface area contributed by atoms with E-state index in [-0.39, 0.29) is 21.1 Å². The predicted molar refractivity (Wildman–Crippen MR) is 65.0 cm³/mol. The van der Waals surface area contributed by atoms with E-state index in [9.17, 15) is 4.79 Å². The summed E-state index contributed by atoms with van der Waals surface area (Å²) in [6.07, 6.45) is 2.75. The van der Waals surface area contributed by atoms with Gasteiger partial charge in [0, 0.05) is 12.3 Å². The van der Waals surface area contributed by atoms with Crippen LogP contribution in [0.15, 0.2) is 24.3 Å². The van der Waals surface area contributed by atoms with E-state index in [4.69, 9.17) is 14.6 Å². The van der Waals surface area contributed by atoms with Gasteiger partial charge in [-0.3, -0.25) is 0 Å². The number of carbonyl (C=O) groups is 1. The van der Waals surface area contributed by atoms with Gasteiger partial charge in [-0.15, -0.1) is 0 Å². The maximum Gasteiger partial charge on any atom is 0.435 e. The van der Waals surface area contributed by atoms with Crippen molar-refractivity contribution >= 4 is 27.2 Å². The van der Waals surface area contributed by atoms with Crippen LogP contribution in [-0.2, 0) is 3.79 Å². The maximum atomic E-state index is 10.3. The number of carboxylic acids is 1. The second kappa shape index (κ2) is 7.29. The highest BCUT2D eigenvalue weighted by molar-refractivity contribution is 6.27. The van der Waals surface area contributed by atoms with Gasteiger partial charge in [-0.05, 0) is 30.7 Å². The molecular formula is C11H16AlNO3. The molecule has 1 saturated heterocycles. The van der Waals surface area contributed by atoms with Crippen molar-refractivity contribution in [3.63, 3.8) is 0 Å². The number of benzene rings is 1. The molecule has 5 heteroatoms. The molecule has 1 fully saturated rings. The molecule has 1 aromatic carbocycles. The third kappa shape index (κ3) is 5.17. The average Bonchev–Trinajstić information content (AvgIpc) is 2.32. The smallest absolute Gasteiger partial charge is 0.435 e. The first-order chi connectivity index (χ1) is 7.70. The lowest BCUT2D eigenvalue weighted by Gasteiger charge is -2.06. The summed E-state index contributed by atoms with van der Waals surface area (Å²) in [5.41, 5.74) is 6.17. The van der Waals surface area contributed by atoms with Crippen LogP contribution < -0.4 is 5.73 Å². The molecule has 1 aliphatic rings. The molecule has 0 bridgehead atoms. The Hall–Kier alpha value is -1.02. The summed E-state index contributed by atoms with van der Waals surface area (Å²) < 4.78 is 5.21. The normalized spacial score (nSPS) is 14.2. The molecule has 1 heterocycles. The molecular weight excluding hydrogens is 221 g/mol. The van der Waals surface area contributed by atoms with E-state index in [1.54, 1.807) is 12.1 Å². The van der Waals surface area contributed by atoms with Crippen molar-refractivity contribution in [2.24, 2.45) is 0 Å². The lowest BCUT2D eigenvalue weighted by Crippen LogP contribution is -2.06. The van der Waals surface area contributed by atoms with Crippen LogP contribution in [0.4, 0.5) is 5.69 Å². The maximum absolute atomic E-state index is 10.3. The summed E-state index contributed by atoms with van der Waals surface area (Å²) in [5.74, 6) is -0.931. The summed E-state index contributed by atoms with van der Waals surface area (Å²) >= 11 is 0.00849. The highest BCUT2D eigenvalue weighted by Crippen LogP contribution is 2.04. The Kier molecular flexibility index (Phi) is 5.94. The third-order valence-corrected chi connectivity index (χ3v) is 3.60. The van der Waals surface area contributed by atoms with Gasteiger partial charge in [-0.1, -0.05) is 11.7 Å². The molecule has 16 heavy (non-hydrogen) atoms. The van der Waals surface area contributed by atoms with Gasteiger partial charge in [-0.2, -0.15) is 0 Å². The fourth-order valence-electron chi connectivity index (χ4n) is 1.31. The lowest BCUT2D eigenvalue weighted by atomic mass is 10.2. The van der Waals surface area contributed by atoms with Gasteiger partial charge in [0.05, 0.1) is 5.56 Å². The highest BCUT2D eigenvalue weighted by atomic mass is 27.1. The molecule has 0 radical (unpaired) electrons. The van der Waals surface area contributed by atoms with Crippen LogP contribution in [0.2, 0.25) is 5.28 Å². The highest BCUT2D eigenvalue weighted by Gasteiger charge is 2.00. The minimum atomic E-state index is -0.931. The molecule has 0 aromatic heterocycles. The summed E-state index contributed by atoms with van der Waals surface area (Å²) in [6.45, 7) is 1.06. The molecule has 0 saturated carbocycles. The minimum absolute atomic E-state index is 0.00849. The van der Waals surface area contributed by atoms with Crippen LogP contribution in [0.25, 0.3) is 0 Å². The number of nitrogen functional groups attached to an aromatic ring is 1. The minimum Gasteiger partial charge on any atom is -0.503 e. The molecule has 1 aromatic rings. The van der Waals surface area contributed by atoms with Crippen molar-refractivity contribution in [1.29, 1.82) is 0 Å². The van der Waals surface area contributed by atoms with E-state index < -0.39 is 5.97 Å². The zero-order valence-electron chi connectivity index (χ0n) is 9.19. The van der Waals surface area contributed by atoms with Gasteiger partial charge in [0.1, 0.15) is 0 Å². The molecule has 0 amide bonds. The van der Waals surface area contributed by atoms with E-state index in [2.05, 4.69) is 0 Å². The lowest BCUT2D eigenvalue weighted by molar-refractivity contribution is 0.0697. The molecule has 0 atom stereocenters. The molecule has 1 aliphatic heterocycles. The molecule has 0 unspecified atom stereocenters. The largest absolute Gasteiger partial charge is 0.503 e. The van der Waals surface area contributed by atoms with Crippen LogP contribution >= 0.6 is 0 Å². The fourth-order valence-corrected chi connectivity index (χ4v) is 2.48. The van der Waals surface area contributed by atoms with E-state index in [1.807, 2.05) is 0 Å². The first-order valence-corrected chi connectivity index (χ1v) is 6.94. The van der Waals surface area contributed by atoms with Crippen molar-refractivity contribution in [1.82, 2.24) is 0 Å². The zero-order chi connectivity index (χ0) is 11.8. The zero-order valence-corrected chi connectivity index (χ0v) is 10.6. The Bertz CT molecular complexity index is 311. The molecule has 3 N–H and O–H groups in total. The van der Waals surface area contributed by atoms with E-state index >= 15 is 0 Å². The molecule has 0 aliphatic carbocycles. The van der Waals surface area contributed by atoms with E-state index in [0.717, 1.165) is 6.61 Å². The number of hydrogen-bond acceptors (Lipinski definition) is 3. The summed E-state index contributed by atoms with van der Waals surface area (Å²) in [6, 6.07) is 6.06. The number of nitrogens with two attached hydrogens (primary N) is 1. The molecule has 4 nitrogen and oxygen atoms in total. The second-order valence-electron chi connectivity index (χ2n) is 3.60. The Labute approximate surface area is 101 Å². The summed E-state index contributed by atoms with van der Waals surface area (Å²) in [4.78, 5) is 10.3. The van der Waals surface area contributed by atoms with Gasteiger partial charge >= 0.3 is 21.5 Å². The topological polar surface area (TPSA) is 72.5 Å². The van der Waals surface area contributed by atoms with Crippen molar-refractivity contribution < 1.29 is 13.7 Å². The summed E-state index contributed by atoms with van der Waals surface area (Å²) in [5, 5.41) is 9.85. The molecule has 86 valence electrons. The van der Waals surface area contributed by atoms with Gasteiger partial charge < -0.3 is 14.6 Å². The Morgan fingerprint density at radius 3 is 2.31 bits per heavy atom. The Morgan fingerprint density at radius 2 is 2.00 bits per heavy atom. The van der Waals surface area contributed by atoms with Crippen LogP contribution in [0, 0.1) is 0 Å². The number of aromatic carboxylic acids is 1. The first kappa shape index (κ1) is 13.0. The standard InChI is InChI=1S/C7H7NO2.C4H8O.Al.H/c8-6-3-1-5(2-4-6)7(9)10;1-2-3-4-5;;/h1-4H,8H2,(H,9,10);1-4H2;;/q;-1;+1;. The SMILES string of the molecule is C1C[CH2][AlH][O]C1.Nc1ccc(C(=O)O)cc1. The quantitative estimate of drug-likeness (QED) is 0.574. The monoisotopic (exact) mass is 237 g/mol. The second-order valence-corrected chi connectivity index (χ2v) is 5.12. The van der Waals surface area contributed by atoms with Crippen molar-refractivity contribution in [2.75, 3.05) is 12.3 Å². The van der Waals surface area contributed by atoms with Crippen LogP contribution in [0.1, 0.15) is 23.2 Å². The van der Waals surface area contributed by atoms with Crippen molar-refractivity contribution in [3.8, 4) is 0 Å². The van der Waals surface area contributed by atoms with Gasteiger partial charge in [0.15, 0.2) is 0 Å². The number of carboxylic acid groups (broad SMARTS) is 1. The van der Waals surface area contributed by atoms with Crippen LogP contribution in [0.3, 0.4) is 0 Å². The first-order valence-electron chi connectivity index (χ1n) is 5.37. The number of rotatable bonds is 1. The number of anilines is 1. The van der Waals surface area contributed by atoms with Crippen molar-refractivity contribution in [3.05, 3.63) is 29.8 Å². The predicted octanol–water partition coefficient (Wildman–Crippen LogP) is 1.53. The Balaban J connectivity index is 0.000000181.